The van der Waals surface area contributed by atoms with E-state index < -0.39 is 16.6 Å². The van der Waals surface area contributed by atoms with Crippen LogP contribution in [0.25, 0.3) is 0 Å². The van der Waals surface area contributed by atoms with E-state index in [1.807, 2.05) is 0 Å². The average Bonchev–Trinajstić information content (AvgIpc) is 2.95. The lowest BCUT2D eigenvalue weighted by molar-refractivity contribution is -0.0361. The summed E-state index contributed by atoms with van der Waals surface area (Å²) < 4.78 is 14.7. The van der Waals surface area contributed by atoms with Crippen LogP contribution < -0.4 is 0 Å². The summed E-state index contributed by atoms with van der Waals surface area (Å²) in [5.74, 6) is 1.07. The summed E-state index contributed by atoms with van der Waals surface area (Å²) in [5.41, 5.74) is 1.11. The minimum atomic E-state index is -1.97. The smallest absolute Gasteiger partial charge is 0.193 e. The second-order valence-corrected chi connectivity index (χ2v) is 21.3. The molecule has 3 aliphatic rings. The van der Waals surface area contributed by atoms with E-state index in [0.717, 1.165) is 0 Å². The van der Waals surface area contributed by atoms with Crippen molar-refractivity contribution >= 4 is 22.3 Å². The fraction of sp³-hybridized carbons (Fsp3) is 0.957. The Kier molecular flexibility index (Phi) is 5.81. The van der Waals surface area contributed by atoms with Crippen molar-refractivity contribution in [1.82, 2.24) is 0 Å². The van der Waals surface area contributed by atoms with Gasteiger partial charge in [0.15, 0.2) is 16.6 Å². The van der Waals surface area contributed by atoms with E-state index in [1.165, 1.54) is 23.8 Å². The molecule has 2 aliphatic carbocycles. The third-order valence-electron chi connectivity index (χ3n) is 9.26. The molecule has 29 heavy (non-hydrogen) atoms. The largest absolute Gasteiger partial charge is 0.410 e. The monoisotopic (exact) mass is 439 g/mol. The number of hydrogen-bond acceptors (Lipinski definition) is 4. The van der Waals surface area contributed by atoms with Crippen LogP contribution in [-0.4, -0.2) is 40.7 Å². The Morgan fingerprint density at radius 3 is 2.14 bits per heavy atom. The third-order valence-corrected chi connectivity index (χ3v) is 18.4. The second-order valence-electron chi connectivity index (χ2n) is 11.8. The summed E-state index contributed by atoms with van der Waals surface area (Å²) in [6.07, 6.45) is 0.0663. The highest BCUT2D eigenvalue weighted by Crippen LogP contribution is 2.74. The maximum Gasteiger partial charge on any atom is 0.193 e. The van der Waals surface area contributed by atoms with E-state index in [-0.39, 0.29) is 28.1 Å². The van der Waals surface area contributed by atoms with Gasteiger partial charge in [-0.1, -0.05) is 67.5 Å². The minimum absolute atomic E-state index is 0.0663. The quantitative estimate of drug-likeness (QED) is 0.428. The molecule has 1 aliphatic heterocycles. The predicted octanol–water partition coefficient (Wildman–Crippen LogP) is 6.45. The summed E-state index contributed by atoms with van der Waals surface area (Å²) in [6.45, 7) is 26.6. The van der Waals surface area contributed by atoms with E-state index in [0.29, 0.717) is 18.4 Å². The van der Waals surface area contributed by atoms with Crippen LogP contribution in [0.1, 0.15) is 62.3 Å². The maximum absolute atomic E-state index is 7.48. The number of oxime groups is 1. The first kappa shape index (κ1) is 23.5. The molecule has 5 atom stereocenters. The van der Waals surface area contributed by atoms with Crippen LogP contribution in [0, 0.1) is 23.2 Å². The first-order chi connectivity index (χ1) is 13.2. The van der Waals surface area contributed by atoms with Crippen LogP contribution in [0.3, 0.4) is 0 Å². The summed E-state index contributed by atoms with van der Waals surface area (Å²) in [6, 6.07) is 3.52. The predicted molar refractivity (Wildman–Crippen MR) is 126 cm³/mol. The second kappa shape index (κ2) is 7.17. The SMILES string of the molecule is CC[Si](CC)(CC)O[C@@]12[C@H](O[Si](C)(C)C(C)(C)C)[C@@H](C)C3=NOC[C@H]3[C@@H]1C2(C)C. The molecular formula is C23H45NO3Si2. The Morgan fingerprint density at radius 1 is 1.10 bits per heavy atom. The molecule has 4 nitrogen and oxygen atoms in total. The number of rotatable bonds is 7. The molecule has 3 rings (SSSR count). The van der Waals surface area contributed by atoms with Crippen molar-refractivity contribution in [3.63, 3.8) is 0 Å². The molecule has 0 N–H and O–H groups in total. The normalized spacial score (nSPS) is 36.2. The summed E-state index contributed by atoms with van der Waals surface area (Å²) in [5, 5.41) is 4.69. The highest BCUT2D eigenvalue weighted by Gasteiger charge is 2.83. The van der Waals surface area contributed by atoms with Crippen LogP contribution in [0.5, 0.6) is 0 Å². The minimum Gasteiger partial charge on any atom is -0.410 e. The van der Waals surface area contributed by atoms with Gasteiger partial charge in [-0.3, -0.25) is 0 Å². The lowest BCUT2D eigenvalue weighted by Crippen LogP contribution is -2.59. The van der Waals surface area contributed by atoms with Gasteiger partial charge in [0.2, 0.25) is 0 Å². The zero-order chi connectivity index (χ0) is 22.0. The van der Waals surface area contributed by atoms with Gasteiger partial charge >= 0.3 is 0 Å². The lowest BCUT2D eigenvalue weighted by Gasteiger charge is -2.49. The molecular weight excluding hydrogens is 394 g/mol. The molecule has 2 fully saturated rings. The van der Waals surface area contributed by atoms with Gasteiger partial charge in [-0.2, -0.15) is 0 Å². The van der Waals surface area contributed by atoms with Crippen molar-refractivity contribution in [2.75, 3.05) is 6.61 Å². The van der Waals surface area contributed by atoms with Crippen molar-refractivity contribution < 1.29 is 13.7 Å². The molecule has 0 bridgehead atoms. The summed E-state index contributed by atoms with van der Waals surface area (Å²) >= 11 is 0. The van der Waals surface area contributed by atoms with Gasteiger partial charge in [0.1, 0.15) is 6.61 Å². The zero-order valence-electron chi connectivity index (χ0n) is 20.8. The van der Waals surface area contributed by atoms with E-state index in [9.17, 15) is 0 Å². The van der Waals surface area contributed by atoms with E-state index in [4.69, 9.17) is 13.7 Å². The Morgan fingerprint density at radius 2 is 1.66 bits per heavy atom. The Bertz CT molecular complexity index is 657. The van der Waals surface area contributed by atoms with E-state index in [2.05, 4.69) is 80.6 Å². The van der Waals surface area contributed by atoms with Crippen molar-refractivity contribution in [2.45, 2.75) is 110 Å². The first-order valence-electron chi connectivity index (χ1n) is 11.8. The number of nitrogens with zero attached hydrogens (tertiary/aromatic N) is 1. The van der Waals surface area contributed by atoms with Gasteiger partial charge in [0.05, 0.1) is 17.4 Å². The summed E-state index contributed by atoms with van der Waals surface area (Å²) in [7, 11) is -3.78. The van der Waals surface area contributed by atoms with Crippen LogP contribution in [0.4, 0.5) is 0 Å². The van der Waals surface area contributed by atoms with Gasteiger partial charge in [-0.05, 0) is 36.3 Å². The topological polar surface area (TPSA) is 40.0 Å². The number of fused-ring (bicyclic) bond motifs is 3. The highest BCUT2D eigenvalue weighted by molar-refractivity contribution is 6.74. The Hall–Kier alpha value is -0.176. The fourth-order valence-corrected chi connectivity index (χ4v) is 10.5. The molecule has 0 amide bonds. The standard InChI is InChI=1S/C23H45NO3Si2/c1-12-29(13-2,14-3)27-23-19(22(23,8)9)17-15-25-24-18(17)16(4)20(23)26-28(10,11)21(5,6)7/h16-17,19-20H,12-15H2,1-11H3/t16-,17+,19+,20+,23+/m0/s1. The van der Waals surface area contributed by atoms with Crippen LogP contribution in [0.15, 0.2) is 5.16 Å². The third kappa shape index (κ3) is 3.23. The first-order valence-corrected chi connectivity index (χ1v) is 17.3. The molecule has 2 saturated carbocycles. The van der Waals surface area contributed by atoms with Crippen molar-refractivity contribution in [3.8, 4) is 0 Å². The van der Waals surface area contributed by atoms with Crippen molar-refractivity contribution in [3.05, 3.63) is 0 Å². The van der Waals surface area contributed by atoms with Gasteiger partial charge < -0.3 is 13.7 Å². The zero-order valence-corrected chi connectivity index (χ0v) is 22.8. The molecule has 1 heterocycles. The Labute approximate surface area is 181 Å². The van der Waals surface area contributed by atoms with Crippen molar-refractivity contribution in [2.24, 2.45) is 28.3 Å². The highest BCUT2D eigenvalue weighted by atomic mass is 28.4. The van der Waals surface area contributed by atoms with Crippen LogP contribution in [0.2, 0.25) is 36.3 Å². The van der Waals surface area contributed by atoms with Crippen LogP contribution in [-0.2, 0) is 13.7 Å². The van der Waals surface area contributed by atoms with Gasteiger partial charge in [-0.15, -0.1) is 0 Å². The van der Waals surface area contributed by atoms with Crippen LogP contribution >= 0.6 is 0 Å². The van der Waals surface area contributed by atoms with Gasteiger partial charge in [0.25, 0.3) is 0 Å². The molecule has 0 saturated heterocycles. The molecule has 0 spiro atoms. The molecule has 0 radical (unpaired) electrons. The maximum atomic E-state index is 7.48. The van der Waals surface area contributed by atoms with E-state index >= 15 is 0 Å². The lowest BCUT2D eigenvalue weighted by atomic mass is 9.77. The number of hydrogen-bond donors (Lipinski definition) is 0. The van der Waals surface area contributed by atoms with Crippen molar-refractivity contribution in [1.29, 1.82) is 0 Å². The van der Waals surface area contributed by atoms with Gasteiger partial charge in [-0.25, -0.2) is 0 Å². The average molecular weight is 440 g/mol. The molecule has 6 heteroatoms. The molecule has 0 unspecified atom stereocenters. The summed E-state index contributed by atoms with van der Waals surface area (Å²) in [4.78, 5) is 5.65. The Balaban J connectivity index is 2.09. The molecule has 168 valence electrons. The van der Waals surface area contributed by atoms with E-state index in [1.54, 1.807) is 0 Å². The van der Waals surface area contributed by atoms with Gasteiger partial charge in [0, 0.05) is 23.2 Å². The fourth-order valence-electron chi connectivity index (χ4n) is 5.96. The molecule has 0 aromatic carbocycles. The molecule has 0 aromatic rings. The molecule has 0 aromatic heterocycles.